The van der Waals surface area contributed by atoms with Crippen molar-refractivity contribution < 1.29 is 36.7 Å². The zero-order valence-corrected chi connectivity index (χ0v) is 23.4. The fourth-order valence-corrected chi connectivity index (χ4v) is 4.67. The summed E-state index contributed by atoms with van der Waals surface area (Å²) in [7, 11) is 0. The molecule has 3 aromatic heterocycles. The molecule has 4 heterocycles. The molecule has 4 aromatic rings. The van der Waals surface area contributed by atoms with Crippen LogP contribution in [0.25, 0.3) is 22.4 Å². The first-order valence-electron chi connectivity index (χ1n) is 13.5. The van der Waals surface area contributed by atoms with E-state index in [1.165, 1.54) is 18.3 Å². The second kappa shape index (κ2) is 12.4. The molecule has 0 saturated carbocycles. The molecule has 3 N–H and O–H groups in total. The van der Waals surface area contributed by atoms with Crippen LogP contribution in [0.1, 0.15) is 47.4 Å². The van der Waals surface area contributed by atoms with E-state index in [-0.39, 0.29) is 58.1 Å². The Bertz CT molecular complexity index is 1620. The minimum absolute atomic E-state index is 0.0202. The third-order valence-electron chi connectivity index (χ3n) is 6.66. The number of ether oxygens (including phenoxy) is 2. The van der Waals surface area contributed by atoms with Gasteiger partial charge in [-0.05, 0) is 44.2 Å². The van der Waals surface area contributed by atoms with E-state index in [2.05, 4.69) is 20.3 Å². The summed E-state index contributed by atoms with van der Waals surface area (Å²) >= 11 is 0. The molecule has 43 heavy (non-hydrogen) atoms. The number of nitrogens with two attached hydrogens (primary N) is 1. The summed E-state index contributed by atoms with van der Waals surface area (Å²) in [4.78, 5) is 40.9. The number of nitrogens with zero attached hydrogens (tertiary/aromatic N) is 4. The molecule has 0 radical (unpaired) electrons. The third kappa shape index (κ3) is 6.44. The number of nitrogens with one attached hydrogen (secondary N) is 1. The van der Waals surface area contributed by atoms with Crippen molar-refractivity contribution in [1.29, 1.82) is 0 Å². The first kappa shape index (κ1) is 29.9. The molecular weight excluding hydrogens is 569 g/mol. The van der Waals surface area contributed by atoms with E-state index in [1.54, 1.807) is 43.1 Å². The average molecular weight is 599 g/mol. The Morgan fingerprint density at radius 1 is 1.12 bits per heavy atom. The maximum Gasteiger partial charge on any atom is 0.433 e. The molecule has 0 spiro atoms. The lowest BCUT2D eigenvalue weighted by Crippen LogP contribution is -2.47. The Hall–Kier alpha value is -4.56. The van der Waals surface area contributed by atoms with Gasteiger partial charge in [0.15, 0.2) is 11.5 Å². The maximum atomic E-state index is 13.6. The predicted octanol–water partition coefficient (Wildman–Crippen LogP) is 3.88. The lowest BCUT2D eigenvalue weighted by Gasteiger charge is -2.30. The minimum Gasteiger partial charge on any atom is -0.489 e. The minimum atomic E-state index is -4.68. The number of oxazole rings is 1. The first-order valence-corrected chi connectivity index (χ1v) is 13.5. The summed E-state index contributed by atoms with van der Waals surface area (Å²) in [6.07, 6.45) is -1.98. The molecular formula is C29H29F3N6O5. The molecule has 1 aliphatic rings. The van der Waals surface area contributed by atoms with E-state index < -0.39 is 23.8 Å². The number of alkyl halides is 3. The molecule has 2 amide bonds. The van der Waals surface area contributed by atoms with Crippen molar-refractivity contribution in [2.75, 3.05) is 26.3 Å². The fourth-order valence-electron chi connectivity index (χ4n) is 4.67. The number of carbonyl (C=O) groups is 2. The van der Waals surface area contributed by atoms with Crippen molar-refractivity contribution in [2.45, 2.75) is 38.7 Å². The van der Waals surface area contributed by atoms with Crippen LogP contribution in [0.4, 0.5) is 13.2 Å². The number of rotatable bonds is 8. The Morgan fingerprint density at radius 2 is 1.88 bits per heavy atom. The van der Waals surface area contributed by atoms with Crippen LogP contribution < -0.4 is 15.8 Å². The quantitative estimate of drug-likeness (QED) is 0.309. The van der Waals surface area contributed by atoms with Crippen molar-refractivity contribution in [1.82, 2.24) is 25.2 Å². The van der Waals surface area contributed by atoms with E-state index in [1.807, 2.05) is 0 Å². The van der Waals surface area contributed by atoms with Gasteiger partial charge in [-0.1, -0.05) is 6.07 Å². The van der Waals surface area contributed by atoms with Gasteiger partial charge in [0.2, 0.25) is 11.8 Å². The molecule has 14 heteroatoms. The Balaban J connectivity index is 1.52. The molecule has 1 aromatic carbocycles. The Morgan fingerprint density at radius 3 is 2.53 bits per heavy atom. The number of aromatic nitrogens is 3. The summed E-state index contributed by atoms with van der Waals surface area (Å²) in [6, 6.07) is 7.36. The lowest BCUT2D eigenvalue weighted by molar-refractivity contribution is -0.141. The second-order valence-electron chi connectivity index (χ2n) is 9.99. The summed E-state index contributed by atoms with van der Waals surface area (Å²) in [5, 5.41) is 2.99. The molecule has 0 bridgehead atoms. The van der Waals surface area contributed by atoms with Crippen molar-refractivity contribution >= 4 is 22.7 Å². The van der Waals surface area contributed by atoms with Crippen LogP contribution in [-0.4, -0.2) is 64.1 Å². The molecule has 0 aliphatic carbocycles. The zero-order chi connectivity index (χ0) is 30.7. The third-order valence-corrected chi connectivity index (χ3v) is 6.66. The Labute approximate surface area is 244 Å². The van der Waals surface area contributed by atoms with Gasteiger partial charge in [-0.2, -0.15) is 13.2 Å². The van der Waals surface area contributed by atoms with Crippen LogP contribution in [-0.2, 0) is 22.3 Å². The SMILES string of the molecule is CC(C)Oc1ccc(-c2nc(C(=O)NC(C(=O)N3CCOCC3)c3cccnc3)c(CN)o2)c2ccc(C(F)(F)F)nc12. The van der Waals surface area contributed by atoms with E-state index in [0.29, 0.717) is 31.9 Å². The number of halogens is 3. The normalized spacial score (nSPS) is 14.6. The number of benzene rings is 1. The summed E-state index contributed by atoms with van der Waals surface area (Å²) < 4.78 is 57.4. The molecule has 1 fully saturated rings. The summed E-state index contributed by atoms with van der Waals surface area (Å²) in [5.74, 6) is -0.977. The highest BCUT2D eigenvalue weighted by molar-refractivity contribution is 5.99. The van der Waals surface area contributed by atoms with Crippen LogP contribution in [0.3, 0.4) is 0 Å². The highest BCUT2D eigenvalue weighted by atomic mass is 19.4. The van der Waals surface area contributed by atoms with Crippen LogP contribution in [0, 0.1) is 0 Å². The van der Waals surface area contributed by atoms with Crippen LogP contribution in [0.5, 0.6) is 5.75 Å². The van der Waals surface area contributed by atoms with Crippen LogP contribution in [0.15, 0.2) is 53.2 Å². The standard InChI is InChI=1S/C29H29F3N6O5/c1-16(2)42-20-7-5-19(18-6-8-22(29(30,31)32)35-24(18)20)27-37-25(21(14-33)43-27)26(39)36-23(17-4-3-9-34-15-17)28(40)38-10-12-41-13-11-38/h3-9,15-16,23H,10-14,33H2,1-2H3,(H,36,39). The number of amides is 2. The van der Waals surface area contributed by atoms with Gasteiger partial charge in [0, 0.05) is 42.0 Å². The molecule has 1 saturated heterocycles. The molecule has 1 aliphatic heterocycles. The van der Waals surface area contributed by atoms with Gasteiger partial charge in [-0.15, -0.1) is 0 Å². The summed E-state index contributed by atoms with van der Waals surface area (Å²) in [6.45, 7) is 4.73. The molecule has 1 unspecified atom stereocenters. The topological polar surface area (TPSA) is 146 Å². The number of carbonyl (C=O) groups excluding carboxylic acids is 2. The average Bonchev–Trinajstić information content (AvgIpc) is 3.44. The van der Waals surface area contributed by atoms with E-state index in [0.717, 1.165) is 6.07 Å². The van der Waals surface area contributed by atoms with Crippen LogP contribution >= 0.6 is 0 Å². The van der Waals surface area contributed by atoms with E-state index in [4.69, 9.17) is 19.6 Å². The fraction of sp³-hybridized carbons (Fsp3) is 0.345. The van der Waals surface area contributed by atoms with Gasteiger partial charge in [0.05, 0.1) is 25.9 Å². The number of hydrogen-bond acceptors (Lipinski definition) is 9. The predicted molar refractivity (Wildman–Crippen MR) is 148 cm³/mol. The van der Waals surface area contributed by atoms with Gasteiger partial charge >= 0.3 is 6.18 Å². The van der Waals surface area contributed by atoms with Crippen molar-refractivity contribution in [3.63, 3.8) is 0 Å². The zero-order valence-electron chi connectivity index (χ0n) is 23.4. The van der Waals surface area contributed by atoms with Gasteiger partial charge < -0.3 is 29.8 Å². The van der Waals surface area contributed by atoms with Crippen molar-refractivity contribution in [3.05, 3.63) is 71.5 Å². The number of hydrogen-bond donors (Lipinski definition) is 2. The van der Waals surface area contributed by atoms with Gasteiger partial charge in [0.25, 0.3) is 5.91 Å². The van der Waals surface area contributed by atoms with E-state index in [9.17, 15) is 22.8 Å². The number of fused-ring (bicyclic) bond motifs is 1. The number of pyridine rings is 2. The largest absolute Gasteiger partial charge is 0.489 e. The van der Waals surface area contributed by atoms with E-state index >= 15 is 0 Å². The summed E-state index contributed by atoms with van der Waals surface area (Å²) in [5.41, 5.74) is 5.31. The number of morpholine rings is 1. The monoisotopic (exact) mass is 598 g/mol. The highest BCUT2D eigenvalue weighted by Gasteiger charge is 2.34. The van der Waals surface area contributed by atoms with Gasteiger partial charge in [-0.25, -0.2) is 9.97 Å². The van der Waals surface area contributed by atoms with Crippen molar-refractivity contribution in [3.8, 4) is 17.2 Å². The molecule has 226 valence electrons. The Kier molecular flexibility index (Phi) is 8.59. The maximum absolute atomic E-state index is 13.6. The molecule has 5 rings (SSSR count). The first-order chi connectivity index (χ1) is 20.6. The molecule has 11 nitrogen and oxygen atoms in total. The van der Waals surface area contributed by atoms with Gasteiger partial charge in [-0.3, -0.25) is 14.6 Å². The second-order valence-corrected chi connectivity index (χ2v) is 9.99. The van der Waals surface area contributed by atoms with Crippen LogP contribution in [0.2, 0.25) is 0 Å². The van der Waals surface area contributed by atoms with Gasteiger partial charge in [0.1, 0.15) is 23.0 Å². The molecule has 1 atom stereocenters. The smallest absolute Gasteiger partial charge is 0.433 e. The highest BCUT2D eigenvalue weighted by Crippen LogP contribution is 2.37. The lowest BCUT2D eigenvalue weighted by atomic mass is 10.1. The van der Waals surface area contributed by atoms with Crippen molar-refractivity contribution in [2.24, 2.45) is 5.73 Å².